The number of esters is 1. The average Bonchev–Trinajstić information content (AvgIpc) is 2.99. The fourth-order valence-corrected chi connectivity index (χ4v) is 4.20. The zero-order valence-electron chi connectivity index (χ0n) is 16.0. The lowest BCUT2D eigenvalue weighted by Crippen LogP contribution is -2.33. The number of hydrogen-bond acceptors (Lipinski definition) is 5. The SMILES string of the molecule is CCC(=O)c1ccc2c(c1)C(=O)OC21c2ccc(C)cc2Oc2cc(O)ccc21. The van der Waals surface area contributed by atoms with Gasteiger partial charge in [0, 0.05) is 34.7 Å². The van der Waals surface area contributed by atoms with Gasteiger partial charge in [-0.25, -0.2) is 4.79 Å². The lowest BCUT2D eigenvalue weighted by atomic mass is 9.77. The third-order valence-electron chi connectivity index (χ3n) is 5.59. The quantitative estimate of drug-likeness (QED) is 0.503. The van der Waals surface area contributed by atoms with Crippen molar-refractivity contribution in [2.75, 3.05) is 0 Å². The number of phenolic OH excluding ortho intramolecular Hbond substituents is 1. The lowest BCUT2D eigenvalue weighted by Gasteiger charge is -2.36. The Morgan fingerprint density at radius 3 is 2.41 bits per heavy atom. The molecular formula is C24H18O5. The molecule has 0 aromatic heterocycles. The van der Waals surface area contributed by atoms with Gasteiger partial charge in [-0.05, 0) is 36.8 Å². The molecule has 1 spiro atoms. The molecule has 29 heavy (non-hydrogen) atoms. The van der Waals surface area contributed by atoms with E-state index in [0.29, 0.717) is 45.7 Å². The Morgan fingerprint density at radius 1 is 0.966 bits per heavy atom. The number of ether oxygens (including phenoxy) is 2. The van der Waals surface area contributed by atoms with Gasteiger partial charge in [0.1, 0.15) is 17.2 Å². The highest BCUT2D eigenvalue weighted by atomic mass is 16.6. The molecule has 0 aliphatic carbocycles. The molecule has 5 rings (SSSR count). The molecular weight excluding hydrogens is 368 g/mol. The van der Waals surface area contributed by atoms with E-state index < -0.39 is 11.6 Å². The maximum Gasteiger partial charge on any atom is 0.340 e. The number of ketones is 1. The zero-order valence-corrected chi connectivity index (χ0v) is 16.0. The van der Waals surface area contributed by atoms with Crippen molar-refractivity contribution >= 4 is 11.8 Å². The third kappa shape index (κ3) is 2.34. The summed E-state index contributed by atoms with van der Waals surface area (Å²) in [7, 11) is 0. The first-order chi connectivity index (χ1) is 13.9. The number of carbonyl (C=O) groups is 2. The minimum absolute atomic E-state index is 0.0325. The number of aromatic hydroxyl groups is 1. The Kier molecular flexibility index (Phi) is 3.59. The minimum atomic E-state index is -1.19. The van der Waals surface area contributed by atoms with E-state index in [9.17, 15) is 14.7 Å². The molecule has 0 fully saturated rings. The number of rotatable bonds is 2. The molecule has 5 nitrogen and oxygen atoms in total. The van der Waals surface area contributed by atoms with Crippen molar-refractivity contribution in [2.24, 2.45) is 0 Å². The summed E-state index contributed by atoms with van der Waals surface area (Å²) in [5, 5.41) is 9.97. The first kappa shape index (κ1) is 17.5. The van der Waals surface area contributed by atoms with E-state index >= 15 is 0 Å². The van der Waals surface area contributed by atoms with Crippen molar-refractivity contribution in [1.82, 2.24) is 0 Å². The summed E-state index contributed by atoms with van der Waals surface area (Å²) < 4.78 is 12.1. The van der Waals surface area contributed by atoms with Crippen molar-refractivity contribution in [2.45, 2.75) is 25.9 Å². The summed E-state index contributed by atoms with van der Waals surface area (Å²) in [4.78, 5) is 25.1. The van der Waals surface area contributed by atoms with Crippen LogP contribution >= 0.6 is 0 Å². The Balaban J connectivity index is 1.83. The number of benzene rings is 3. The molecule has 0 amide bonds. The van der Waals surface area contributed by atoms with Crippen molar-refractivity contribution in [3.05, 3.63) is 88.0 Å². The highest BCUT2D eigenvalue weighted by molar-refractivity contribution is 6.02. The Hall–Kier alpha value is -3.60. The van der Waals surface area contributed by atoms with E-state index in [-0.39, 0.29) is 11.5 Å². The molecule has 2 aliphatic rings. The molecule has 1 unspecified atom stereocenters. The van der Waals surface area contributed by atoms with E-state index in [1.165, 1.54) is 6.07 Å². The molecule has 144 valence electrons. The molecule has 1 N–H and O–H groups in total. The van der Waals surface area contributed by atoms with Gasteiger partial charge in [0.15, 0.2) is 11.4 Å². The fourth-order valence-electron chi connectivity index (χ4n) is 4.20. The highest BCUT2D eigenvalue weighted by Crippen LogP contribution is 2.56. The molecule has 0 saturated heterocycles. The second-order valence-electron chi connectivity index (χ2n) is 7.39. The van der Waals surface area contributed by atoms with Crippen LogP contribution in [0.3, 0.4) is 0 Å². The molecule has 1 atom stereocenters. The van der Waals surface area contributed by atoms with Crippen LogP contribution < -0.4 is 4.74 Å². The monoisotopic (exact) mass is 386 g/mol. The Morgan fingerprint density at radius 2 is 1.66 bits per heavy atom. The topological polar surface area (TPSA) is 72.8 Å². The van der Waals surface area contributed by atoms with Gasteiger partial charge < -0.3 is 14.6 Å². The van der Waals surface area contributed by atoms with Crippen LogP contribution in [0.2, 0.25) is 0 Å². The maximum atomic E-state index is 12.9. The second kappa shape index (κ2) is 5.95. The normalized spacial score (nSPS) is 18.5. The van der Waals surface area contributed by atoms with Crippen LogP contribution in [0.1, 0.15) is 56.3 Å². The van der Waals surface area contributed by atoms with Crippen LogP contribution in [-0.4, -0.2) is 16.9 Å². The largest absolute Gasteiger partial charge is 0.508 e. The van der Waals surface area contributed by atoms with E-state index in [1.807, 2.05) is 25.1 Å². The fraction of sp³-hybridized carbons (Fsp3) is 0.167. The van der Waals surface area contributed by atoms with Gasteiger partial charge in [-0.2, -0.15) is 0 Å². The average molecular weight is 386 g/mol. The number of Topliss-reactive ketones (excluding diaryl/α,β-unsaturated/α-hetero) is 1. The van der Waals surface area contributed by atoms with Crippen LogP contribution in [0.25, 0.3) is 0 Å². The summed E-state index contributed by atoms with van der Waals surface area (Å²) in [6.45, 7) is 3.74. The molecule has 0 saturated carbocycles. The van der Waals surface area contributed by atoms with Crippen LogP contribution in [0.15, 0.2) is 54.6 Å². The number of carbonyl (C=O) groups excluding carboxylic acids is 2. The van der Waals surface area contributed by atoms with Gasteiger partial charge in [0.2, 0.25) is 0 Å². The van der Waals surface area contributed by atoms with Crippen molar-refractivity contribution in [1.29, 1.82) is 0 Å². The predicted molar refractivity (Wildman–Crippen MR) is 106 cm³/mol. The number of aryl methyl sites for hydroxylation is 1. The minimum Gasteiger partial charge on any atom is -0.508 e. The predicted octanol–water partition coefficient (Wildman–Crippen LogP) is 4.86. The summed E-state index contributed by atoms with van der Waals surface area (Å²) in [6, 6.07) is 15.6. The van der Waals surface area contributed by atoms with Gasteiger partial charge in [-0.15, -0.1) is 0 Å². The number of fused-ring (bicyclic) bond motifs is 6. The summed E-state index contributed by atoms with van der Waals surface area (Å²) >= 11 is 0. The number of hydrogen-bond donors (Lipinski definition) is 1. The van der Waals surface area contributed by atoms with E-state index in [4.69, 9.17) is 9.47 Å². The molecule has 5 heteroatoms. The van der Waals surface area contributed by atoms with Gasteiger partial charge in [0.05, 0.1) is 5.56 Å². The van der Waals surface area contributed by atoms with Gasteiger partial charge in [-0.1, -0.05) is 31.2 Å². The molecule has 2 heterocycles. The molecule has 2 aliphatic heterocycles. The molecule has 0 radical (unpaired) electrons. The molecule has 0 bridgehead atoms. The van der Waals surface area contributed by atoms with Gasteiger partial charge in [0.25, 0.3) is 0 Å². The standard InChI is InChI=1S/C24H18O5/c1-3-20(26)14-5-8-17-16(11-14)23(27)29-24(17)18-7-4-13(2)10-21(18)28-22-12-15(25)6-9-19(22)24/h4-12,25H,3H2,1-2H3. The molecule has 3 aromatic carbocycles. The summed E-state index contributed by atoms with van der Waals surface area (Å²) in [6.07, 6.45) is 0.358. The van der Waals surface area contributed by atoms with Gasteiger partial charge >= 0.3 is 5.97 Å². The van der Waals surface area contributed by atoms with Crippen molar-refractivity contribution in [3.8, 4) is 17.2 Å². The second-order valence-corrected chi connectivity index (χ2v) is 7.39. The van der Waals surface area contributed by atoms with Crippen LogP contribution in [0.5, 0.6) is 17.2 Å². The van der Waals surface area contributed by atoms with Crippen molar-refractivity contribution in [3.63, 3.8) is 0 Å². The van der Waals surface area contributed by atoms with E-state index in [0.717, 1.165) is 5.56 Å². The van der Waals surface area contributed by atoms with E-state index in [2.05, 4.69) is 0 Å². The van der Waals surface area contributed by atoms with Crippen LogP contribution in [0, 0.1) is 6.92 Å². The lowest BCUT2D eigenvalue weighted by molar-refractivity contribution is 0.0224. The third-order valence-corrected chi connectivity index (χ3v) is 5.59. The van der Waals surface area contributed by atoms with Gasteiger partial charge in [-0.3, -0.25) is 4.79 Å². The Labute approximate surface area is 167 Å². The summed E-state index contributed by atoms with van der Waals surface area (Å²) in [5.41, 5.74) is 2.67. The first-order valence-electron chi connectivity index (χ1n) is 9.47. The van der Waals surface area contributed by atoms with E-state index in [1.54, 1.807) is 37.3 Å². The Bertz CT molecular complexity index is 1160. The highest BCUT2D eigenvalue weighted by Gasteiger charge is 2.53. The van der Waals surface area contributed by atoms with Crippen LogP contribution in [-0.2, 0) is 10.3 Å². The summed E-state index contributed by atoms with van der Waals surface area (Å²) in [5.74, 6) is 0.534. The molecule has 3 aromatic rings. The smallest absolute Gasteiger partial charge is 0.340 e. The maximum absolute atomic E-state index is 12.9. The van der Waals surface area contributed by atoms with Crippen molar-refractivity contribution < 1.29 is 24.2 Å². The first-order valence-corrected chi connectivity index (χ1v) is 9.47. The van der Waals surface area contributed by atoms with Crippen LogP contribution in [0.4, 0.5) is 0 Å². The number of phenols is 1. The zero-order chi connectivity index (χ0) is 20.3.